The van der Waals surface area contributed by atoms with Gasteiger partial charge in [-0.15, -0.1) is 0 Å². The number of rotatable bonds is 5. The molecule has 5 nitrogen and oxygen atoms in total. The molecule has 1 aromatic carbocycles. The Bertz CT molecular complexity index is 604. The van der Waals surface area contributed by atoms with Gasteiger partial charge in [0.05, 0.1) is 11.7 Å². The summed E-state index contributed by atoms with van der Waals surface area (Å²) in [6.45, 7) is 4.10. The van der Waals surface area contributed by atoms with Gasteiger partial charge in [0.15, 0.2) is 0 Å². The maximum Gasteiger partial charge on any atom is 0.269 e. The normalized spacial score (nSPS) is 12.8. The van der Waals surface area contributed by atoms with Gasteiger partial charge in [0.2, 0.25) is 0 Å². The predicted molar refractivity (Wildman–Crippen MR) is 77.4 cm³/mol. The molecular weight excluding hydrogens is 256 g/mol. The van der Waals surface area contributed by atoms with Crippen LogP contribution in [0.25, 0.3) is 11.0 Å². The van der Waals surface area contributed by atoms with Crippen molar-refractivity contribution in [1.82, 2.24) is 10.4 Å². The minimum atomic E-state index is -0.506. The second kappa shape index (κ2) is 6.07. The number of nitrogens with one attached hydrogen (secondary N) is 1. The molecule has 5 heteroatoms. The van der Waals surface area contributed by atoms with Crippen LogP contribution in [0.1, 0.15) is 29.8 Å². The number of likely N-dealkylation sites (N-methyl/N-ethyl adjacent to an activating group) is 1. The number of aliphatic hydroxyl groups is 1. The van der Waals surface area contributed by atoms with E-state index in [-0.39, 0.29) is 5.91 Å². The molecule has 2 N–H and O–H groups in total. The molecule has 0 aliphatic rings. The molecule has 2 aromatic rings. The first-order valence-electron chi connectivity index (χ1n) is 6.71. The van der Waals surface area contributed by atoms with Crippen LogP contribution in [0.5, 0.6) is 0 Å². The molecule has 0 spiro atoms. The molecule has 1 atom stereocenters. The lowest BCUT2D eigenvalue weighted by Gasteiger charge is -2.18. The van der Waals surface area contributed by atoms with E-state index < -0.39 is 6.10 Å². The fraction of sp³-hybridized carbons (Fsp3) is 0.400. The molecule has 1 amide bonds. The number of hydrogen-bond donors (Lipinski definition) is 2. The summed E-state index contributed by atoms with van der Waals surface area (Å²) in [5.74, 6) is -0.236. The summed E-state index contributed by atoms with van der Waals surface area (Å²) < 4.78 is 5.40. The third-order valence-electron chi connectivity index (χ3n) is 3.12. The van der Waals surface area contributed by atoms with Crippen LogP contribution in [0.3, 0.4) is 0 Å². The molecule has 0 saturated carbocycles. The number of furan rings is 1. The smallest absolute Gasteiger partial charge is 0.269 e. The average molecular weight is 276 g/mol. The highest BCUT2D eigenvalue weighted by Crippen LogP contribution is 2.22. The number of aryl methyl sites for hydroxylation is 1. The molecule has 1 unspecified atom stereocenters. The lowest BCUT2D eigenvalue weighted by atomic mass is 10.1. The zero-order valence-corrected chi connectivity index (χ0v) is 12.0. The Kier molecular flexibility index (Phi) is 4.42. The van der Waals surface area contributed by atoms with Gasteiger partial charge < -0.3 is 9.52 Å². The maximum atomic E-state index is 12.2. The first kappa shape index (κ1) is 14.6. The van der Waals surface area contributed by atoms with Crippen molar-refractivity contribution in [3.05, 3.63) is 35.6 Å². The highest BCUT2D eigenvalue weighted by Gasteiger charge is 2.15. The van der Waals surface area contributed by atoms with Crippen LogP contribution in [0, 0.1) is 0 Å². The SMILES string of the molecule is CCc1ccc2occ(C(=O)NN(C)CC(C)O)c2c1. The van der Waals surface area contributed by atoms with Crippen molar-refractivity contribution in [2.45, 2.75) is 26.4 Å². The standard InChI is InChI=1S/C15H20N2O3/c1-4-11-5-6-14-12(7-11)13(9-20-14)15(19)16-17(3)8-10(2)18/h5-7,9-10,18H,4,8H2,1-3H3,(H,16,19). The van der Waals surface area contributed by atoms with Crippen molar-refractivity contribution >= 4 is 16.9 Å². The number of carbonyl (C=O) groups is 1. The highest BCUT2D eigenvalue weighted by molar-refractivity contribution is 6.05. The molecule has 20 heavy (non-hydrogen) atoms. The van der Waals surface area contributed by atoms with Gasteiger partial charge in [0.25, 0.3) is 5.91 Å². The Morgan fingerprint density at radius 1 is 1.50 bits per heavy atom. The zero-order valence-electron chi connectivity index (χ0n) is 12.0. The first-order valence-corrected chi connectivity index (χ1v) is 6.71. The van der Waals surface area contributed by atoms with Crippen molar-refractivity contribution in [3.63, 3.8) is 0 Å². The molecule has 0 radical (unpaired) electrons. The second-order valence-electron chi connectivity index (χ2n) is 5.00. The minimum absolute atomic E-state index is 0.236. The monoisotopic (exact) mass is 276 g/mol. The Labute approximate surface area is 118 Å². The van der Waals surface area contributed by atoms with Crippen molar-refractivity contribution in [1.29, 1.82) is 0 Å². The van der Waals surface area contributed by atoms with Crippen LogP contribution < -0.4 is 5.43 Å². The first-order chi connectivity index (χ1) is 9.51. The number of hydrogen-bond acceptors (Lipinski definition) is 4. The number of aliphatic hydroxyl groups excluding tert-OH is 1. The van der Waals surface area contributed by atoms with E-state index in [2.05, 4.69) is 12.3 Å². The van der Waals surface area contributed by atoms with Crippen LogP contribution in [0.2, 0.25) is 0 Å². The van der Waals surface area contributed by atoms with Crippen molar-refractivity contribution < 1.29 is 14.3 Å². The van der Waals surface area contributed by atoms with Crippen LogP contribution in [-0.2, 0) is 6.42 Å². The Morgan fingerprint density at radius 2 is 2.25 bits per heavy atom. The molecule has 0 saturated heterocycles. The fourth-order valence-corrected chi connectivity index (χ4v) is 2.15. The van der Waals surface area contributed by atoms with Gasteiger partial charge in [0.1, 0.15) is 11.8 Å². The summed E-state index contributed by atoms with van der Waals surface area (Å²) in [6, 6.07) is 5.85. The highest BCUT2D eigenvalue weighted by atomic mass is 16.3. The van der Waals surface area contributed by atoms with Gasteiger partial charge >= 0.3 is 0 Å². The largest absolute Gasteiger partial charge is 0.463 e. The molecule has 2 rings (SSSR count). The van der Waals surface area contributed by atoms with Crippen molar-refractivity contribution in [2.24, 2.45) is 0 Å². The van der Waals surface area contributed by atoms with Crippen LogP contribution in [-0.4, -0.2) is 35.7 Å². The third-order valence-corrected chi connectivity index (χ3v) is 3.12. The van der Waals surface area contributed by atoms with Crippen LogP contribution >= 0.6 is 0 Å². The number of nitrogens with zero attached hydrogens (tertiary/aromatic N) is 1. The molecular formula is C15H20N2O3. The predicted octanol–water partition coefficient (Wildman–Crippen LogP) is 1.95. The van der Waals surface area contributed by atoms with Crippen molar-refractivity contribution in [3.8, 4) is 0 Å². The fourth-order valence-electron chi connectivity index (χ4n) is 2.15. The number of carbonyl (C=O) groups excluding carboxylic acids is 1. The summed E-state index contributed by atoms with van der Waals surface area (Å²) in [6.07, 6.45) is 1.87. The van der Waals surface area contributed by atoms with E-state index in [0.29, 0.717) is 17.7 Å². The quantitative estimate of drug-likeness (QED) is 0.819. The summed E-state index contributed by atoms with van der Waals surface area (Å²) in [4.78, 5) is 12.2. The summed E-state index contributed by atoms with van der Waals surface area (Å²) in [5.41, 5.74) is 5.08. The molecule has 1 aromatic heterocycles. The molecule has 0 aliphatic heterocycles. The Balaban J connectivity index is 2.21. The van der Waals surface area contributed by atoms with Gasteiger partial charge in [-0.3, -0.25) is 10.2 Å². The van der Waals surface area contributed by atoms with Gasteiger partial charge in [-0.2, -0.15) is 0 Å². The van der Waals surface area contributed by atoms with Gasteiger partial charge in [-0.25, -0.2) is 5.01 Å². The molecule has 1 heterocycles. The Hall–Kier alpha value is -1.85. The van der Waals surface area contributed by atoms with E-state index in [4.69, 9.17) is 4.42 Å². The van der Waals surface area contributed by atoms with E-state index in [1.165, 1.54) is 6.26 Å². The lowest BCUT2D eigenvalue weighted by molar-refractivity contribution is 0.0730. The minimum Gasteiger partial charge on any atom is -0.463 e. The number of amides is 1. The molecule has 0 aliphatic carbocycles. The second-order valence-corrected chi connectivity index (χ2v) is 5.00. The van der Waals surface area contributed by atoms with E-state index in [0.717, 1.165) is 17.4 Å². The number of fused-ring (bicyclic) bond motifs is 1. The van der Waals surface area contributed by atoms with Crippen molar-refractivity contribution in [2.75, 3.05) is 13.6 Å². The van der Waals surface area contributed by atoms with E-state index in [1.807, 2.05) is 18.2 Å². The zero-order chi connectivity index (χ0) is 14.7. The van der Waals surface area contributed by atoms with E-state index >= 15 is 0 Å². The number of hydrazine groups is 1. The molecule has 0 bridgehead atoms. The average Bonchev–Trinajstić information content (AvgIpc) is 2.80. The Morgan fingerprint density at radius 3 is 2.90 bits per heavy atom. The van der Waals surface area contributed by atoms with Gasteiger partial charge in [-0.1, -0.05) is 13.0 Å². The molecule has 0 fully saturated rings. The maximum absolute atomic E-state index is 12.2. The topological polar surface area (TPSA) is 65.7 Å². The van der Waals surface area contributed by atoms with E-state index in [1.54, 1.807) is 19.0 Å². The van der Waals surface area contributed by atoms with Crippen LogP contribution in [0.15, 0.2) is 28.9 Å². The van der Waals surface area contributed by atoms with E-state index in [9.17, 15) is 9.90 Å². The summed E-state index contributed by atoms with van der Waals surface area (Å²) >= 11 is 0. The molecule has 108 valence electrons. The third kappa shape index (κ3) is 3.18. The summed E-state index contributed by atoms with van der Waals surface area (Å²) in [5, 5.41) is 11.7. The van der Waals surface area contributed by atoms with Gasteiger partial charge in [0, 0.05) is 19.0 Å². The lowest BCUT2D eigenvalue weighted by Crippen LogP contribution is -2.42. The van der Waals surface area contributed by atoms with Gasteiger partial charge in [-0.05, 0) is 31.0 Å². The summed E-state index contributed by atoms with van der Waals surface area (Å²) in [7, 11) is 1.71. The van der Waals surface area contributed by atoms with Crippen LogP contribution in [0.4, 0.5) is 0 Å². The number of benzene rings is 1.